The number of halogens is 1. The fourth-order valence-corrected chi connectivity index (χ4v) is 2.81. The molecule has 0 spiro atoms. The first kappa shape index (κ1) is 17.5. The van der Waals surface area contributed by atoms with E-state index in [1.807, 2.05) is 20.8 Å². The number of carbonyl (C=O) groups excluding carboxylic acids is 2. The highest BCUT2D eigenvalue weighted by atomic mass is 35.5. The van der Waals surface area contributed by atoms with Gasteiger partial charge in [0.05, 0.1) is 18.4 Å². The largest absolute Gasteiger partial charge is 0.530 e. The first-order valence-corrected chi connectivity index (χ1v) is 7.82. The van der Waals surface area contributed by atoms with Crippen LogP contribution in [0.5, 0.6) is 0 Å². The minimum absolute atomic E-state index is 0.198. The van der Waals surface area contributed by atoms with E-state index < -0.39 is 6.09 Å². The fourth-order valence-electron chi connectivity index (χ4n) is 2.72. The molecule has 7 nitrogen and oxygen atoms in total. The van der Waals surface area contributed by atoms with E-state index in [1.54, 1.807) is 4.90 Å². The van der Waals surface area contributed by atoms with Crippen LogP contribution in [0, 0.1) is 5.41 Å². The zero-order chi connectivity index (χ0) is 17.2. The van der Waals surface area contributed by atoms with Gasteiger partial charge in [-0.05, 0) is 11.8 Å². The van der Waals surface area contributed by atoms with Crippen LogP contribution in [0.1, 0.15) is 37.7 Å². The van der Waals surface area contributed by atoms with Gasteiger partial charge in [0.25, 0.3) is 5.91 Å². The van der Waals surface area contributed by atoms with Gasteiger partial charge in [-0.1, -0.05) is 32.4 Å². The Kier molecular flexibility index (Phi) is 5.09. The van der Waals surface area contributed by atoms with Crippen molar-refractivity contribution < 1.29 is 14.7 Å². The highest BCUT2D eigenvalue weighted by Crippen LogP contribution is 2.27. The van der Waals surface area contributed by atoms with Crippen LogP contribution < -0.4 is 5.11 Å². The smallest absolute Gasteiger partial charge is 0.274 e. The van der Waals surface area contributed by atoms with E-state index in [-0.39, 0.29) is 28.2 Å². The van der Waals surface area contributed by atoms with E-state index in [9.17, 15) is 14.7 Å². The molecule has 1 saturated heterocycles. The lowest BCUT2D eigenvalue weighted by molar-refractivity contribution is -0.269. The average molecular weight is 340 g/mol. The van der Waals surface area contributed by atoms with Crippen molar-refractivity contribution in [2.45, 2.75) is 33.2 Å². The second kappa shape index (κ2) is 6.70. The normalized spacial score (nSPS) is 19.4. The predicted molar refractivity (Wildman–Crippen MR) is 82.9 cm³/mol. The van der Waals surface area contributed by atoms with Crippen LogP contribution in [0.25, 0.3) is 0 Å². The first-order chi connectivity index (χ1) is 10.7. The topological polar surface area (TPSA) is 89.5 Å². The van der Waals surface area contributed by atoms with E-state index in [2.05, 4.69) is 9.97 Å². The van der Waals surface area contributed by atoms with Crippen molar-refractivity contribution in [3.63, 3.8) is 0 Å². The summed E-state index contributed by atoms with van der Waals surface area (Å²) in [7, 11) is 0. The summed E-state index contributed by atoms with van der Waals surface area (Å²) in [5, 5.41) is 11.6. The lowest BCUT2D eigenvalue weighted by Crippen LogP contribution is -2.55. The third-order valence-electron chi connectivity index (χ3n) is 3.96. The summed E-state index contributed by atoms with van der Waals surface area (Å²) in [5.74, 6) is -0.274. The maximum atomic E-state index is 12.6. The van der Waals surface area contributed by atoms with E-state index >= 15 is 0 Å². The van der Waals surface area contributed by atoms with Crippen LogP contribution in [-0.4, -0.2) is 57.4 Å². The van der Waals surface area contributed by atoms with Crippen LogP contribution in [-0.2, 0) is 0 Å². The number of hydrogen-bond donors (Lipinski definition) is 0. The molecule has 2 rings (SSSR count). The van der Waals surface area contributed by atoms with Gasteiger partial charge in [0.1, 0.15) is 16.9 Å². The maximum absolute atomic E-state index is 12.6. The second-order valence-corrected chi connectivity index (χ2v) is 7.06. The summed E-state index contributed by atoms with van der Waals surface area (Å²) in [5.41, 5.74) is -0.127. The van der Waals surface area contributed by atoms with Gasteiger partial charge < -0.3 is 19.7 Å². The summed E-state index contributed by atoms with van der Waals surface area (Å²) in [6.07, 6.45) is 2.00. The molecule has 1 aromatic rings. The lowest BCUT2D eigenvalue weighted by atomic mass is 9.85. The average Bonchev–Trinajstić information content (AvgIpc) is 2.70. The SMILES string of the molecule is CC(C)(C)C1CN(C(=O)c2cnc(Cl)cn2)CCCN1C(=O)[O-]. The number of hydrogen-bond acceptors (Lipinski definition) is 5. The van der Waals surface area contributed by atoms with Gasteiger partial charge in [-0.3, -0.25) is 4.79 Å². The first-order valence-electron chi connectivity index (χ1n) is 7.44. The molecule has 23 heavy (non-hydrogen) atoms. The minimum atomic E-state index is -1.20. The number of aromatic nitrogens is 2. The molecule has 1 fully saturated rings. The number of carboxylic acid groups (broad SMARTS) is 1. The molecule has 0 radical (unpaired) electrons. The molecule has 0 saturated carbocycles. The van der Waals surface area contributed by atoms with E-state index in [1.165, 1.54) is 17.3 Å². The van der Waals surface area contributed by atoms with Crippen molar-refractivity contribution in [2.24, 2.45) is 5.41 Å². The number of amides is 2. The maximum Gasteiger partial charge on any atom is 0.274 e. The van der Waals surface area contributed by atoms with Crippen molar-refractivity contribution in [3.8, 4) is 0 Å². The summed E-state index contributed by atoms with van der Waals surface area (Å²) in [6.45, 7) is 6.94. The molecular formula is C15H20ClN4O3-. The molecule has 2 amide bonds. The number of rotatable bonds is 1. The Labute approximate surface area is 140 Å². The second-order valence-electron chi connectivity index (χ2n) is 6.67. The van der Waals surface area contributed by atoms with E-state index in [0.29, 0.717) is 26.1 Å². The van der Waals surface area contributed by atoms with Crippen LogP contribution in [0.2, 0.25) is 5.15 Å². The van der Waals surface area contributed by atoms with Crippen LogP contribution in [0.15, 0.2) is 12.4 Å². The summed E-state index contributed by atoms with van der Waals surface area (Å²) in [6, 6.07) is -0.348. The van der Waals surface area contributed by atoms with E-state index in [0.717, 1.165) is 0 Å². The monoisotopic (exact) mass is 339 g/mol. The van der Waals surface area contributed by atoms with Gasteiger partial charge in [0, 0.05) is 19.6 Å². The number of carbonyl (C=O) groups is 2. The van der Waals surface area contributed by atoms with Gasteiger partial charge >= 0.3 is 0 Å². The van der Waals surface area contributed by atoms with Gasteiger partial charge in [-0.25, -0.2) is 9.97 Å². The summed E-state index contributed by atoms with van der Waals surface area (Å²) in [4.78, 5) is 34.8. The minimum Gasteiger partial charge on any atom is -0.530 e. The van der Waals surface area contributed by atoms with E-state index in [4.69, 9.17) is 11.6 Å². The number of nitrogens with zero attached hydrogens (tertiary/aromatic N) is 4. The molecule has 1 aromatic heterocycles. The Morgan fingerprint density at radius 2 is 1.96 bits per heavy atom. The molecule has 8 heteroatoms. The van der Waals surface area contributed by atoms with Gasteiger partial charge in [0.15, 0.2) is 0 Å². The highest BCUT2D eigenvalue weighted by molar-refractivity contribution is 6.29. The Balaban J connectivity index is 2.24. The fraction of sp³-hybridized carbons (Fsp3) is 0.600. The summed E-state index contributed by atoms with van der Waals surface area (Å²) >= 11 is 5.69. The van der Waals surface area contributed by atoms with Crippen LogP contribution >= 0.6 is 11.6 Å². The molecule has 0 N–H and O–H groups in total. The third-order valence-corrected chi connectivity index (χ3v) is 4.15. The molecule has 1 unspecified atom stereocenters. The molecular weight excluding hydrogens is 320 g/mol. The molecule has 0 bridgehead atoms. The van der Waals surface area contributed by atoms with Crippen molar-refractivity contribution in [1.29, 1.82) is 0 Å². The van der Waals surface area contributed by atoms with Crippen LogP contribution in [0.3, 0.4) is 0 Å². The zero-order valence-electron chi connectivity index (χ0n) is 13.5. The zero-order valence-corrected chi connectivity index (χ0v) is 14.2. The predicted octanol–water partition coefficient (Wildman–Crippen LogP) is 1.04. The summed E-state index contributed by atoms with van der Waals surface area (Å²) < 4.78 is 0. The van der Waals surface area contributed by atoms with Crippen molar-refractivity contribution >= 4 is 23.6 Å². The van der Waals surface area contributed by atoms with Crippen molar-refractivity contribution in [3.05, 3.63) is 23.2 Å². The molecule has 0 aromatic carbocycles. The third kappa shape index (κ3) is 4.10. The Bertz CT molecular complexity index is 585. The van der Waals surface area contributed by atoms with Crippen LogP contribution in [0.4, 0.5) is 4.79 Å². The molecule has 1 aliphatic rings. The molecule has 2 heterocycles. The van der Waals surface area contributed by atoms with Gasteiger partial charge in [-0.15, -0.1) is 0 Å². The molecule has 1 aliphatic heterocycles. The Hall–Kier alpha value is -1.89. The lowest BCUT2D eigenvalue weighted by Gasteiger charge is -2.41. The Morgan fingerprint density at radius 1 is 1.26 bits per heavy atom. The molecule has 0 aliphatic carbocycles. The Morgan fingerprint density at radius 3 is 2.48 bits per heavy atom. The van der Waals surface area contributed by atoms with Gasteiger partial charge in [-0.2, -0.15) is 0 Å². The molecule has 1 atom stereocenters. The highest BCUT2D eigenvalue weighted by Gasteiger charge is 2.35. The van der Waals surface area contributed by atoms with Crippen molar-refractivity contribution in [2.75, 3.05) is 19.6 Å². The quantitative estimate of drug-likeness (QED) is 0.762. The van der Waals surface area contributed by atoms with Crippen molar-refractivity contribution in [1.82, 2.24) is 19.8 Å². The standard InChI is InChI=1S/C15H21ClN4O3/c1-15(2,3)11-9-19(5-4-6-20(11)14(22)23)13(21)10-7-18-12(16)8-17-10/h7-8,11H,4-6,9H2,1-3H3,(H,22,23)/p-1. The molecule has 126 valence electrons. The van der Waals surface area contributed by atoms with Gasteiger partial charge in [0.2, 0.25) is 0 Å².